The molecule has 0 unspecified atom stereocenters. The fourth-order valence-corrected chi connectivity index (χ4v) is 1.76. The lowest BCUT2D eigenvalue weighted by Crippen LogP contribution is -2.00. The molecule has 1 aromatic carbocycles. The summed E-state index contributed by atoms with van der Waals surface area (Å²) in [5.74, 6) is 1.24. The van der Waals surface area contributed by atoms with Gasteiger partial charge in [-0.3, -0.25) is 4.98 Å². The van der Waals surface area contributed by atoms with Crippen LogP contribution < -0.4 is 10.4 Å². The first-order valence-corrected chi connectivity index (χ1v) is 4.98. The van der Waals surface area contributed by atoms with Crippen LogP contribution in [0, 0.1) is 0 Å². The van der Waals surface area contributed by atoms with E-state index < -0.39 is 0 Å². The maximum Gasteiger partial charge on any atom is 0.340 e. The molecule has 0 aliphatic carbocycles. The number of nitrogens with one attached hydrogen (secondary N) is 2. The van der Waals surface area contributed by atoms with E-state index in [2.05, 4.69) is 31.1 Å². The van der Waals surface area contributed by atoms with E-state index >= 15 is 0 Å². The van der Waals surface area contributed by atoms with Gasteiger partial charge in [0.1, 0.15) is 5.75 Å². The molecule has 0 saturated carbocycles. The summed E-state index contributed by atoms with van der Waals surface area (Å²) in [6.45, 7) is 0. The van der Waals surface area contributed by atoms with Crippen molar-refractivity contribution in [3.8, 4) is 17.1 Å². The second-order valence-corrected chi connectivity index (χ2v) is 3.73. The van der Waals surface area contributed by atoms with Gasteiger partial charge in [-0.25, -0.2) is 9.89 Å². The third-order valence-electron chi connectivity index (χ3n) is 1.93. The molecule has 0 aliphatic heterocycles. The summed E-state index contributed by atoms with van der Waals surface area (Å²) in [5.41, 5.74) is 0.484. The summed E-state index contributed by atoms with van der Waals surface area (Å²) >= 11 is 3.36. The maximum atomic E-state index is 10.9. The monoisotopic (exact) mass is 269 g/mol. The number of methoxy groups -OCH3 is 1. The van der Waals surface area contributed by atoms with Crippen molar-refractivity contribution >= 4 is 15.9 Å². The van der Waals surface area contributed by atoms with Gasteiger partial charge in [0.25, 0.3) is 0 Å². The van der Waals surface area contributed by atoms with Crippen molar-refractivity contribution in [2.75, 3.05) is 7.11 Å². The standard InChI is InChI=1S/C9H8BrN3O2/c1-15-7-3-2-5(4-6(7)10)8-11-9(14)13-12-8/h2-4H,1H3,(H2,11,12,13,14). The van der Waals surface area contributed by atoms with Crippen molar-refractivity contribution in [2.45, 2.75) is 0 Å². The first-order chi connectivity index (χ1) is 7.20. The molecule has 0 amide bonds. The molecule has 15 heavy (non-hydrogen) atoms. The molecule has 0 aliphatic rings. The number of halogens is 1. The van der Waals surface area contributed by atoms with Crippen LogP contribution in [0.5, 0.6) is 5.75 Å². The molecule has 6 heteroatoms. The largest absolute Gasteiger partial charge is 0.496 e. The van der Waals surface area contributed by atoms with Gasteiger partial charge in [-0.05, 0) is 34.1 Å². The number of hydrogen-bond donors (Lipinski definition) is 2. The Labute approximate surface area is 93.6 Å². The number of H-pyrrole nitrogens is 2. The highest BCUT2D eigenvalue weighted by molar-refractivity contribution is 9.10. The first-order valence-electron chi connectivity index (χ1n) is 4.19. The highest BCUT2D eigenvalue weighted by atomic mass is 79.9. The van der Waals surface area contributed by atoms with Crippen LogP contribution in [0.3, 0.4) is 0 Å². The van der Waals surface area contributed by atoms with Gasteiger partial charge in [0.15, 0.2) is 5.82 Å². The van der Waals surface area contributed by atoms with Gasteiger partial charge in [0.2, 0.25) is 0 Å². The number of rotatable bonds is 2. The van der Waals surface area contributed by atoms with Gasteiger partial charge in [-0.15, -0.1) is 0 Å². The van der Waals surface area contributed by atoms with Gasteiger partial charge >= 0.3 is 5.69 Å². The molecule has 78 valence electrons. The van der Waals surface area contributed by atoms with Crippen LogP contribution in [-0.4, -0.2) is 22.3 Å². The summed E-state index contributed by atoms with van der Waals surface area (Å²) in [6.07, 6.45) is 0. The molecule has 2 N–H and O–H groups in total. The third kappa shape index (κ3) is 1.94. The van der Waals surface area contributed by atoms with Gasteiger partial charge in [0.05, 0.1) is 11.6 Å². The van der Waals surface area contributed by atoms with E-state index in [0.717, 1.165) is 15.8 Å². The van der Waals surface area contributed by atoms with Crippen molar-refractivity contribution in [1.29, 1.82) is 0 Å². The van der Waals surface area contributed by atoms with Gasteiger partial charge in [-0.2, -0.15) is 5.10 Å². The van der Waals surface area contributed by atoms with E-state index in [9.17, 15) is 4.79 Å². The van der Waals surface area contributed by atoms with E-state index in [4.69, 9.17) is 4.74 Å². The quantitative estimate of drug-likeness (QED) is 0.869. The lowest BCUT2D eigenvalue weighted by Gasteiger charge is -2.03. The zero-order chi connectivity index (χ0) is 10.8. The number of aromatic nitrogens is 3. The Kier molecular flexibility index (Phi) is 2.59. The number of hydrogen-bond acceptors (Lipinski definition) is 3. The molecule has 0 bridgehead atoms. The Balaban J connectivity index is 2.46. The summed E-state index contributed by atoms with van der Waals surface area (Å²) in [6, 6.07) is 5.44. The first kappa shape index (κ1) is 9.97. The number of ether oxygens (including phenoxy) is 1. The zero-order valence-electron chi connectivity index (χ0n) is 7.87. The molecule has 1 aromatic heterocycles. The van der Waals surface area contributed by atoms with Crippen LogP contribution in [-0.2, 0) is 0 Å². The fraction of sp³-hybridized carbons (Fsp3) is 0.111. The Hall–Kier alpha value is -1.56. The molecular weight excluding hydrogens is 262 g/mol. The Morgan fingerprint density at radius 2 is 2.27 bits per heavy atom. The molecule has 0 fully saturated rings. The topological polar surface area (TPSA) is 70.8 Å². The fourth-order valence-electron chi connectivity index (χ4n) is 1.22. The van der Waals surface area contributed by atoms with E-state index in [1.54, 1.807) is 13.2 Å². The molecule has 0 saturated heterocycles. The Morgan fingerprint density at radius 3 is 2.80 bits per heavy atom. The molecule has 0 spiro atoms. The molecular formula is C9H8BrN3O2. The van der Waals surface area contributed by atoms with Crippen molar-refractivity contribution in [3.63, 3.8) is 0 Å². The van der Waals surface area contributed by atoms with Gasteiger partial charge < -0.3 is 4.74 Å². The molecule has 0 radical (unpaired) electrons. The number of benzene rings is 1. The smallest absolute Gasteiger partial charge is 0.340 e. The van der Waals surface area contributed by atoms with Crippen LogP contribution in [0.4, 0.5) is 0 Å². The number of aromatic amines is 2. The van der Waals surface area contributed by atoms with Crippen LogP contribution in [0.1, 0.15) is 0 Å². The Bertz CT molecular complexity index is 532. The average Bonchev–Trinajstić information content (AvgIpc) is 2.65. The average molecular weight is 270 g/mol. The highest BCUT2D eigenvalue weighted by Gasteiger charge is 2.05. The van der Waals surface area contributed by atoms with E-state index in [1.165, 1.54) is 0 Å². The van der Waals surface area contributed by atoms with Crippen LogP contribution >= 0.6 is 15.9 Å². The SMILES string of the molecule is COc1ccc(-c2n[nH]c(=O)[nH]2)cc1Br. The maximum absolute atomic E-state index is 10.9. The molecule has 1 heterocycles. The molecule has 2 rings (SSSR count). The second kappa shape index (κ2) is 3.90. The summed E-state index contributed by atoms with van der Waals surface area (Å²) in [4.78, 5) is 13.4. The van der Waals surface area contributed by atoms with Gasteiger partial charge in [0, 0.05) is 5.56 Å². The minimum atomic E-state index is -0.322. The predicted octanol–water partition coefficient (Wildman–Crippen LogP) is 1.54. The summed E-state index contributed by atoms with van der Waals surface area (Å²) in [5, 5.41) is 6.14. The Morgan fingerprint density at radius 1 is 1.47 bits per heavy atom. The second-order valence-electron chi connectivity index (χ2n) is 2.88. The lowest BCUT2D eigenvalue weighted by molar-refractivity contribution is 0.412. The third-order valence-corrected chi connectivity index (χ3v) is 2.55. The number of nitrogens with zero attached hydrogens (tertiary/aromatic N) is 1. The summed E-state index contributed by atoms with van der Waals surface area (Å²) in [7, 11) is 1.59. The predicted molar refractivity (Wildman–Crippen MR) is 58.9 cm³/mol. The van der Waals surface area contributed by atoms with Crippen LogP contribution in [0.2, 0.25) is 0 Å². The van der Waals surface area contributed by atoms with Gasteiger partial charge in [-0.1, -0.05) is 0 Å². The van der Waals surface area contributed by atoms with Crippen molar-refractivity contribution in [2.24, 2.45) is 0 Å². The van der Waals surface area contributed by atoms with Crippen LogP contribution in [0.15, 0.2) is 27.5 Å². The minimum Gasteiger partial charge on any atom is -0.496 e. The molecule has 5 nitrogen and oxygen atoms in total. The summed E-state index contributed by atoms with van der Waals surface area (Å²) < 4.78 is 5.91. The molecule has 0 atom stereocenters. The lowest BCUT2D eigenvalue weighted by atomic mass is 10.2. The van der Waals surface area contributed by atoms with Crippen molar-refractivity contribution in [1.82, 2.24) is 15.2 Å². The van der Waals surface area contributed by atoms with Crippen molar-refractivity contribution < 1.29 is 4.74 Å². The molecule has 2 aromatic rings. The van der Waals surface area contributed by atoms with E-state index in [1.807, 2.05) is 12.1 Å². The normalized spacial score (nSPS) is 10.3. The van der Waals surface area contributed by atoms with Crippen LogP contribution in [0.25, 0.3) is 11.4 Å². The zero-order valence-corrected chi connectivity index (χ0v) is 9.46. The minimum absolute atomic E-state index is 0.322. The van der Waals surface area contributed by atoms with Crippen molar-refractivity contribution in [3.05, 3.63) is 33.2 Å². The van der Waals surface area contributed by atoms with E-state index in [-0.39, 0.29) is 5.69 Å². The highest BCUT2D eigenvalue weighted by Crippen LogP contribution is 2.28. The van der Waals surface area contributed by atoms with E-state index in [0.29, 0.717) is 5.82 Å².